The van der Waals surface area contributed by atoms with E-state index in [9.17, 15) is 14.0 Å². The smallest absolute Gasteiger partial charge is 0.267 e. The average Bonchev–Trinajstić information content (AvgIpc) is 3.45. The van der Waals surface area contributed by atoms with Crippen LogP contribution in [0, 0.1) is 11.6 Å². The van der Waals surface area contributed by atoms with Gasteiger partial charge in [0.15, 0.2) is 17.3 Å². The average molecular weight is 542 g/mol. The van der Waals surface area contributed by atoms with Crippen LogP contribution in [-0.4, -0.2) is 33.2 Å². The summed E-state index contributed by atoms with van der Waals surface area (Å²) >= 11 is 0. The van der Waals surface area contributed by atoms with Crippen molar-refractivity contribution in [2.75, 3.05) is 23.3 Å². The first-order chi connectivity index (χ1) is 19.5. The molecule has 4 heterocycles. The lowest BCUT2D eigenvalue weighted by Gasteiger charge is -2.29. The summed E-state index contributed by atoms with van der Waals surface area (Å²) in [4.78, 5) is 28.1. The molecule has 8 nitrogen and oxygen atoms in total. The maximum absolute atomic E-state index is 15.2. The minimum atomic E-state index is -0.704. The molecule has 5 aromatic rings. The monoisotopic (exact) mass is 541 g/mol. The maximum Gasteiger partial charge on any atom is 0.267 e. The number of amides is 1. The molecule has 1 aliphatic rings. The van der Waals surface area contributed by atoms with Crippen molar-refractivity contribution in [3.05, 3.63) is 113 Å². The highest BCUT2D eigenvalue weighted by atomic mass is 19.1. The third kappa shape index (κ3) is 5.03. The largest absolute Gasteiger partial charge is 0.452 e. The number of fused-ring (bicyclic) bond motifs is 1. The molecule has 10 heteroatoms. The van der Waals surface area contributed by atoms with E-state index in [-0.39, 0.29) is 17.0 Å². The maximum atomic E-state index is 15.2. The van der Waals surface area contributed by atoms with Crippen molar-refractivity contribution in [1.82, 2.24) is 14.2 Å². The van der Waals surface area contributed by atoms with Gasteiger partial charge >= 0.3 is 0 Å². The summed E-state index contributed by atoms with van der Waals surface area (Å²) in [5.74, 6) is -1.39. The van der Waals surface area contributed by atoms with Gasteiger partial charge in [-0.1, -0.05) is 0 Å². The second-order valence-corrected chi connectivity index (χ2v) is 9.55. The first-order valence-electron chi connectivity index (χ1n) is 12.9. The van der Waals surface area contributed by atoms with Gasteiger partial charge in [0.05, 0.1) is 18.1 Å². The fraction of sp³-hybridized carbons (Fsp3) is 0.167. The minimum absolute atomic E-state index is 0.0183. The number of hydrogen-bond acceptors (Lipinski definition) is 5. The van der Waals surface area contributed by atoms with E-state index in [1.165, 1.54) is 65.7 Å². The van der Waals surface area contributed by atoms with E-state index < -0.39 is 23.1 Å². The van der Waals surface area contributed by atoms with Crippen LogP contribution in [0.1, 0.15) is 29.6 Å². The zero-order chi connectivity index (χ0) is 27.6. The molecule has 0 unspecified atom stereocenters. The molecule has 1 N–H and O–H groups in total. The van der Waals surface area contributed by atoms with Gasteiger partial charge in [-0.15, -0.1) is 0 Å². The SMILES string of the molecule is O=C(Nc1ccc(Oc2cc(N3CCCCC3)cn3nccc23)c(F)c1)c1cccn(-c2ccc(F)cc2)c1=O. The minimum Gasteiger partial charge on any atom is -0.452 e. The highest BCUT2D eigenvalue weighted by Gasteiger charge is 2.18. The van der Waals surface area contributed by atoms with Gasteiger partial charge in [0.2, 0.25) is 0 Å². The number of carbonyl (C=O) groups excluding carboxylic acids is 1. The fourth-order valence-electron chi connectivity index (χ4n) is 4.84. The van der Waals surface area contributed by atoms with Crippen LogP contribution < -0.4 is 20.5 Å². The number of aromatic nitrogens is 3. The molecular formula is C30H25F2N5O3. The molecule has 202 valence electrons. The van der Waals surface area contributed by atoms with E-state index in [1.54, 1.807) is 16.8 Å². The number of hydrogen-bond donors (Lipinski definition) is 1. The Morgan fingerprint density at radius 3 is 2.48 bits per heavy atom. The predicted octanol–water partition coefficient (Wildman–Crippen LogP) is 5.80. The van der Waals surface area contributed by atoms with Crippen molar-refractivity contribution in [3.8, 4) is 17.2 Å². The summed E-state index contributed by atoms with van der Waals surface area (Å²) in [5.41, 5.74) is 1.47. The summed E-state index contributed by atoms with van der Waals surface area (Å²) in [6, 6.07) is 16.0. The molecule has 0 spiro atoms. The zero-order valence-corrected chi connectivity index (χ0v) is 21.4. The third-order valence-electron chi connectivity index (χ3n) is 6.88. The molecule has 0 aliphatic carbocycles. The molecule has 1 fully saturated rings. The van der Waals surface area contributed by atoms with Gasteiger partial charge in [0.25, 0.3) is 11.5 Å². The molecule has 0 atom stereocenters. The van der Waals surface area contributed by atoms with Crippen molar-refractivity contribution in [2.45, 2.75) is 19.3 Å². The zero-order valence-electron chi connectivity index (χ0n) is 21.4. The van der Waals surface area contributed by atoms with E-state index in [4.69, 9.17) is 4.74 Å². The van der Waals surface area contributed by atoms with Crippen LogP contribution >= 0.6 is 0 Å². The van der Waals surface area contributed by atoms with Gasteiger partial charge < -0.3 is 15.0 Å². The second kappa shape index (κ2) is 10.6. The highest BCUT2D eigenvalue weighted by molar-refractivity contribution is 6.04. The van der Waals surface area contributed by atoms with Gasteiger partial charge in [-0.05, 0) is 73.9 Å². The van der Waals surface area contributed by atoms with Crippen LogP contribution in [-0.2, 0) is 0 Å². The van der Waals surface area contributed by atoms with Crippen LogP contribution in [0.4, 0.5) is 20.2 Å². The molecule has 0 radical (unpaired) electrons. The van der Waals surface area contributed by atoms with Crippen LogP contribution in [0.3, 0.4) is 0 Å². The Kier molecular flexibility index (Phi) is 6.73. The first kappa shape index (κ1) is 25.3. The number of pyridine rings is 2. The molecule has 1 aliphatic heterocycles. The number of carbonyl (C=O) groups is 1. The third-order valence-corrected chi connectivity index (χ3v) is 6.88. The summed E-state index contributed by atoms with van der Waals surface area (Å²) in [7, 11) is 0. The fourth-order valence-corrected chi connectivity index (χ4v) is 4.84. The standard InChI is InChI=1S/C30H25F2N5O3/c31-20-6-9-22(10-7-20)36-16-4-5-24(30(36)39)29(38)34-21-8-11-27(25(32)17-21)40-28-18-23(35-14-2-1-3-15-35)19-37-26(28)12-13-33-37/h4-13,16-19H,1-3,14-15H2,(H,34,38). The Hall–Kier alpha value is -4.99. The Morgan fingerprint density at radius 1 is 0.900 bits per heavy atom. The topological polar surface area (TPSA) is 80.9 Å². The lowest BCUT2D eigenvalue weighted by atomic mass is 10.1. The van der Waals surface area contributed by atoms with E-state index in [0.29, 0.717) is 17.0 Å². The molecule has 6 rings (SSSR count). The van der Waals surface area contributed by atoms with Gasteiger partial charge in [-0.25, -0.2) is 13.3 Å². The van der Waals surface area contributed by atoms with Crippen LogP contribution in [0.25, 0.3) is 11.2 Å². The Bertz CT molecular complexity index is 1760. The highest BCUT2D eigenvalue weighted by Crippen LogP contribution is 2.33. The molecule has 1 saturated heterocycles. The Balaban J connectivity index is 1.22. The van der Waals surface area contributed by atoms with Gasteiger partial charge in [-0.2, -0.15) is 5.10 Å². The molecule has 0 bridgehead atoms. The molecule has 40 heavy (non-hydrogen) atoms. The van der Waals surface area contributed by atoms with E-state index in [2.05, 4.69) is 15.3 Å². The van der Waals surface area contributed by atoms with Gasteiger partial charge in [-0.3, -0.25) is 14.2 Å². The summed E-state index contributed by atoms with van der Waals surface area (Å²) in [6.07, 6.45) is 8.50. The molecule has 2 aromatic carbocycles. The van der Waals surface area contributed by atoms with Crippen molar-refractivity contribution < 1.29 is 18.3 Å². The molecular weight excluding hydrogens is 516 g/mol. The van der Waals surface area contributed by atoms with E-state index in [1.807, 2.05) is 12.3 Å². The van der Waals surface area contributed by atoms with Crippen molar-refractivity contribution in [3.63, 3.8) is 0 Å². The van der Waals surface area contributed by atoms with Crippen molar-refractivity contribution >= 4 is 22.8 Å². The molecule has 3 aromatic heterocycles. The first-order valence-corrected chi connectivity index (χ1v) is 12.9. The van der Waals surface area contributed by atoms with Gasteiger partial charge in [0.1, 0.15) is 16.9 Å². The quantitative estimate of drug-likeness (QED) is 0.294. The van der Waals surface area contributed by atoms with E-state index in [0.717, 1.165) is 37.7 Å². The second-order valence-electron chi connectivity index (χ2n) is 9.55. The van der Waals surface area contributed by atoms with Crippen molar-refractivity contribution in [1.29, 1.82) is 0 Å². The number of benzene rings is 2. The molecule has 0 saturated carbocycles. The normalized spacial score (nSPS) is 13.4. The van der Waals surface area contributed by atoms with Crippen LogP contribution in [0.15, 0.2) is 90.1 Å². The van der Waals surface area contributed by atoms with Crippen LogP contribution in [0.5, 0.6) is 11.5 Å². The van der Waals surface area contributed by atoms with Gasteiger partial charge in [0, 0.05) is 42.8 Å². The number of piperidine rings is 1. The van der Waals surface area contributed by atoms with Crippen LogP contribution in [0.2, 0.25) is 0 Å². The predicted molar refractivity (Wildman–Crippen MR) is 148 cm³/mol. The summed E-state index contributed by atoms with van der Waals surface area (Å²) < 4.78 is 37.4. The molecule has 1 amide bonds. The number of nitrogens with one attached hydrogen (secondary N) is 1. The lowest BCUT2D eigenvalue weighted by Crippen LogP contribution is -2.29. The number of halogens is 2. The van der Waals surface area contributed by atoms with Crippen molar-refractivity contribution in [2.24, 2.45) is 0 Å². The lowest BCUT2D eigenvalue weighted by molar-refractivity contribution is 0.102. The summed E-state index contributed by atoms with van der Waals surface area (Å²) in [5, 5.41) is 6.90. The number of rotatable bonds is 6. The number of ether oxygens (including phenoxy) is 1. The summed E-state index contributed by atoms with van der Waals surface area (Å²) in [6.45, 7) is 1.87. The Morgan fingerprint density at radius 2 is 1.70 bits per heavy atom. The number of nitrogens with zero attached hydrogens (tertiary/aromatic N) is 4. The van der Waals surface area contributed by atoms with E-state index >= 15 is 4.39 Å². The Labute approximate surface area is 228 Å². The number of anilines is 2.